The van der Waals surface area contributed by atoms with Crippen molar-refractivity contribution in [2.45, 2.75) is 44.2 Å². The molecule has 5 heteroatoms. The van der Waals surface area contributed by atoms with Gasteiger partial charge in [-0.15, -0.1) is 0 Å². The summed E-state index contributed by atoms with van der Waals surface area (Å²) in [5.41, 5.74) is 0.624. The van der Waals surface area contributed by atoms with E-state index in [1.54, 1.807) is 28.6 Å². The maximum absolute atomic E-state index is 12.7. The Balaban J connectivity index is 2.35. The summed E-state index contributed by atoms with van der Waals surface area (Å²) in [6.45, 7) is 4.50. The number of rotatable bonds is 3. The molecule has 1 N–H and O–H groups in total. The van der Waals surface area contributed by atoms with Crippen LogP contribution < -0.4 is 0 Å². The van der Waals surface area contributed by atoms with Crippen molar-refractivity contribution in [3.05, 3.63) is 29.8 Å². The van der Waals surface area contributed by atoms with Crippen molar-refractivity contribution >= 4 is 10.0 Å². The molecule has 0 amide bonds. The van der Waals surface area contributed by atoms with Gasteiger partial charge in [-0.25, -0.2) is 8.42 Å². The molecule has 0 aromatic heterocycles. The first kappa shape index (κ1) is 14.5. The molecule has 2 rings (SSSR count). The van der Waals surface area contributed by atoms with E-state index in [0.29, 0.717) is 18.0 Å². The fourth-order valence-corrected chi connectivity index (χ4v) is 4.41. The molecule has 106 valence electrons. The van der Waals surface area contributed by atoms with E-state index < -0.39 is 10.0 Å². The molecule has 2 atom stereocenters. The van der Waals surface area contributed by atoms with Crippen LogP contribution >= 0.6 is 0 Å². The van der Waals surface area contributed by atoms with E-state index in [1.807, 2.05) is 6.92 Å². The Bertz CT molecular complexity index is 541. The average molecular weight is 283 g/mol. The second-order valence-corrected chi connectivity index (χ2v) is 7.17. The molecule has 0 bridgehead atoms. The zero-order valence-electron chi connectivity index (χ0n) is 11.4. The van der Waals surface area contributed by atoms with E-state index >= 15 is 0 Å². The lowest BCUT2D eigenvalue weighted by molar-refractivity contribution is 0.202. The maximum atomic E-state index is 12.7. The number of sulfonamides is 1. The summed E-state index contributed by atoms with van der Waals surface area (Å²) >= 11 is 0. The summed E-state index contributed by atoms with van der Waals surface area (Å²) in [6.07, 6.45) is 1.98. The van der Waals surface area contributed by atoms with Gasteiger partial charge < -0.3 is 5.11 Å². The first-order valence-corrected chi connectivity index (χ1v) is 8.12. The highest BCUT2D eigenvalue weighted by molar-refractivity contribution is 7.89. The van der Waals surface area contributed by atoms with E-state index in [1.165, 1.54) is 0 Å². The van der Waals surface area contributed by atoms with Gasteiger partial charge in [-0.3, -0.25) is 0 Å². The van der Waals surface area contributed by atoms with Crippen LogP contribution in [-0.2, 0) is 16.6 Å². The predicted molar refractivity (Wildman–Crippen MR) is 74.1 cm³/mol. The van der Waals surface area contributed by atoms with Gasteiger partial charge in [0.15, 0.2) is 0 Å². The normalized spacial score (nSPS) is 25.4. The van der Waals surface area contributed by atoms with Gasteiger partial charge in [0.25, 0.3) is 0 Å². The Morgan fingerprint density at radius 2 is 2.11 bits per heavy atom. The van der Waals surface area contributed by atoms with Crippen LogP contribution in [0.2, 0.25) is 0 Å². The molecular weight excluding hydrogens is 262 g/mol. The smallest absolute Gasteiger partial charge is 0.243 e. The lowest BCUT2D eigenvalue weighted by Gasteiger charge is -2.36. The van der Waals surface area contributed by atoms with Gasteiger partial charge in [0.05, 0.1) is 11.5 Å². The highest BCUT2D eigenvalue weighted by Crippen LogP contribution is 2.28. The first-order valence-electron chi connectivity index (χ1n) is 6.68. The molecule has 1 fully saturated rings. The lowest BCUT2D eigenvalue weighted by atomic mass is 9.94. The lowest BCUT2D eigenvalue weighted by Crippen LogP contribution is -2.45. The summed E-state index contributed by atoms with van der Waals surface area (Å²) in [5.74, 6) is 0.379. The Morgan fingerprint density at radius 1 is 1.37 bits per heavy atom. The van der Waals surface area contributed by atoms with Gasteiger partial charge in [0.1, 0.15) is 0 Å². The van der Waals surface area contributed by atoms with Crippen molar-refractivity contribution in [1.29, 1.82) is 0 Å². The largest absolute Gasteiger partial charge is 0.392 e. The second kappa shape index (κ2) is 5.61. The average Bonchev–Trinajstić information content (AvgIpc) is 2.41. The van der Waals surface area contributed by atoms with Crippen LogP contribution in [0, 0.1) is 5.92 Å². The third-order valence-corrected chi connectivity index (χ3v) is 5.99. The standard InChI is InChI=1S/C14H21NO3S/c1-11-5-4-8-15(12(11)2)19(17,18)14-7-3-6-13(9-14)10-16/h3,6-7,9,11-12,16H,4-5,8,10H2,1-2H3. The summed E-state index contributed by atoms with van der Waals surface area (Å²) in [4.78, 5) is 0.278. The summed E-state index contributed by atoms with van der Waals surface area (Å²) in [7, 11) is -3.45. The van der Waals surface area contributed by atoms with Crippen LogP contribution in [0.25, 0.3) is 0 Å². The zero-order chi connectivity index (χ0) is 14.0. The number of benzene rings is 1. The van der Waals surface area contributed by atoms with Crippen molar-refractivity contribution < 1.29 is 13.5 Å². The van der Waals surface area contributed by atoms with Gasteiger partial charge in [0.2, 0.25) is 10.0 Å². The minimum absolute atomic E-state index is 0.0246. The number of piperidine rings is 1. The number of nitrogens with zero attached hydrogens (tertiary/aromatic N) is 1. The van der Waals surface area contributed by atoms with Crippen molar-refractivity contribution in [1.82, 2.24) is 4.31 Å². The molecule has 1 saturated heterocycles. The minimum atomic E-state index is -3.45. The molecule has 2 unspecified atom stereocenters. The monoisotopic (exact) mass is 283 g/mol. The first-order chi connectivity index (χ1) is 8.96. The summed E-state index contributed by atoms with van der Waals surface area (Å²) in [6, 6.07) is 6.58. The molecule has 1 aromatic rings. The van der Waals surface area contributed by atoms with Crippen LogP contribution in [-0.4, -0.2) is 30.4 Å². The molecule has 4 nitrogen and oxygen atoms in total. The van der Waals surface area contributed by atoms with Crippen LogP contribution in [0.15, 0.2) is 29.2 Å². The molecule has 0 aliphatic carbocycles. The third-order valence-electron chi connectivity index (χ3n) is 4.00. The summed E-state index contributed by atoms with van der Waals surface area (Å²) < 4.78 is 26.9. The van der Waals surface area contributed by atoms with Gasteiger partial charge >= 0.3 is 0 Å². The van der Waals surface area contributed by atoms with Gasteiger partial charge in [0, 0.05) is 12.6 Å². The minimum Gasteiger partial charge on any atom is -0.392 e. The fraction of sp³-hybridized carbons (Fsp3) is 0.571. The van der Waals surface area contributed by atoms with Gasteiger partial charge in [-0.05, 0) is 43.4 Å². The Morgan fingerprint density at radius 3 is 2.79 bits per heavy atom. The predicted octanol–water partition coefficient (Wildman–Crippen LogP) is 1.99. The van der Waals surface area contributed by atoms with Crippen molar-refractivity contribution in [2.75, 3.05) is 6.54 Å². The van der Waals surface area contributed by atoms with E-state index in [-0.39, 0.29) is 17.5 Å². The molecule has 0 saturated carbocycles. The number of hydrogen-bond donors (Lipinski definition) is 1. The molecule has 0 radical (unpaired) electrons. The number of aliphatic hydroxyl groups is 1. The van der Waals surface area contributed by atoms with Crippen LogP contribution in [0.1, 0.15) is 32.3 Å². The van der Waals surface area contributed by atoms with Crippen molar-refractivity contribution in [3.63, 3.8) is 0 Å². The number of aliphatic hydroxyl groups excluding tert-OH is 1. The Labute approximate surface area is 115 Å². The van der Waals surface area contributed by atoms with Crippen LogP contribution in [0.4, 0.5) is 0 Å². The Hall–Kier alpha value is -0.910. The Kier molecular flexibility index (Phi) is 4.28. The van der Waals surface area contributed by atoms with Crippen LogP contribution in [0.3, 0.4) is 0 Å². The van der Waals surface area contributed by atoms with Gasteiger partial charge in [-0.2, -0.15) is 4.31 Å². The SMILES string of the molecule is CC1CCCN(S(=O)(=O)c2cccc(CO)c2)C1C. The third kappa shape index (κ3) is 2.83. The summed E-state index contributed by atoms with van der Waals surface area (Å²) in [5, 5.41) is 9.12. The van der Waals surface area contributed by atoms with Crippen LogP contribution in [0.5, 0.6) is 0 Å². The molecule has 1 heterocycles. The number of hydrogen-bond acceptors (Lipinski definition) is 3. The topological polar surface area (TPSA) is 57.6 Å². The van der Waals surface area contributed by atoms with E-state index in [4.69, 9.17) is 5.11 Å². The molecule has 1 aliphatic heterocycles. The molecule has 19 heavy (non-hydrogen) atoms. The molecular formula is C14H21NO3S. The van der Waals surface area contributed by atoms with E-state index in [9.17, 15) is 8.42 Å². The van der Waals surface area contributed by atoms with Gasteiger partial charge in [-0.1, -0.05) is 19.1 Å². The quantitative estimate of drug-likeness (QED) is 0.923. The molecule has 1 aromatic carbocycles. The zero-order valence-corrected chi connectivity index (χ0v) is 12.2. The van der Waals surface area contributed by atoms with E-state index in [2.05, 4.69) is 6.92 Å². The second-order valence-electron chi connectivity index (χ2n) is 5.28. The highest BCUT2D eigenvalue weighted by Gasteiger charge is 2.34. The maximum Gasteiger partial charge on any atom is 0.243 e. The van der Waals surface area contributed by atoms with E-state index in [0.717, 1.165) is 12.8 Å². The molecule has 0 spiro atoms. The van der Waals surface area contributed by atoms with Crippen molar-refractivity contribution in [3.8, 4) is 0 Å². The highest BCUT2D eigenvalue weighted by atomic mass is 32.2. The fourth-order valence-electron chi connectivity index (χ4n) is 2.58. The van der Waals surface area contributed by atoms with Crippen molar-refractivity contribution in [2.24, 2.45) is 5.92 Å². The molecule has 1 aliphatic rings.